The van der Waals surface area contributed by atoms with Gasteiger partial charge in [-0.3, -0.25) is 18.6 Å². The molecule has 0 saturated heterocycles. The Balaban J connectivity index is 4.37. The van der Waals surface area contributed by atoms with Crippen LogP contribution in [0.2, 0.25) is 0 Å². The molecule has 3 unspecified atom stereocenters. The lowest BCUT2D eigenvalue weighted by atomic mass is 10.1. The van der Waals surface area contributed by atoms with Gasteiger partial charge in [-0.15, -0.1) is 0 Å². The second-order valence-electron chi connectivity index (χ2n) is 14.1. The smallest absolute Gasteiger partial charge is 0.472 e. The zero-order valence-electron chi connectivity index (χ0n) is 35.4. The monoisotopic (exact) mass is 820 g/mol. The average molecular weight is 820 g/mol. The van der Waals surface area contributed by atoms with E-state index in [1.165, 1.54) is 51.4 Å². The lowest BCUT2D eigenvalue weighted by molar-refractivity contribution is -0.154. The number of carbonyl (C=O) groups excluding carboxylic acids is 1. The molecule has 0 aromatic rings. The molecule has 10 nitrogen and oxygen atoms in total. The predicted molar refractivity (Wildman–Crippen MR) is 235 cm³/mol. The van der Waals surface area contributed by atoms with Gasteiger partial charge in [-0.2, -0.15) is 0 Å². The first kappa shape index (κ1) is 54.2. The molecule has 57 heavy (non-hydrogen) atoms. The van der Waals surface area contributed by atoms with E-state index in [1.54, 1.807) is 0 Å². The number of esters is 1. The summed E-state index contributed by atoms with van der Waals surface area (Å²) < 4.78 is 33.3. The summed E-state index contributed by atoms with van der Waals surface area (Å²) in [6.45, 7) is 3.66. The summed E-state index contributed by atoms with van der Waals surface area (Å²) in [6.07, 6.45) is 52.1. The summed E-state index contributed by atoms with van der Waals surface area (Å²) in [5.74, 6) is -1.83. The van der Waals surface area contributed by atoms with Gasteiger partial charge < -0.3 is 25.2 Å². The topological polar surface area (TPSA) is 155 Å². The maximum Gasteiger partial charge on any atom is 0.472 e. The minimum atomic E-state index is -4.63. The van der Waals surface area contributed by atoms with Crippen LogP contribution in [0.4, 0.5) is 0 Å². The van der Waals surface area contributed by atoms with Crippen LogP contribution in [0.3, 0.4) is 0 Å². The second-order valence-corrected chi connectivity index (χ2v) is 15.5. The highest BCUT2D eigenvalue weighted by molar-refractivity contribution is 7.47. The minimum absolute atomic E-state index is 0.0102. The van der Waals surface area contributed by atoms with E-state index in [-0.39, 0.29) is 13.0 Å². The van der Waals surface area contributed by atoms with Gasteiger partial charge in [-0.05, 0) is 89.9 Å². The number of hydrogen-bond donors (Lipinski definition) is 3. The number of phosphoric acid groups is 1. The molecule has 0 rings (SSSR count). The van der Waals surface area contributed by atoms with E-state index in [0.29, 0.717) is 13.0 Å². The highest BCUT2D eigenvalue weighted by Crippen LogP contribution is 2.43. The van der Waals surface area contributed by atoms with Crippen molar-refractivity contribution >= 4 is 19.8 Å². The molecule has 326 valence electrons. The zero-order chi connectivity index (χ0) is 41.9. The first-order valence-corrected chi connectivity index (χ1v) is 23.1. The number of rotatable bonds is 40. The summed E-state index contributed by atoms with van der Waals surface area (Å²) in [5, 5.41) is 8.89. The van der Waals surface area contributed by atoms with Crippen LogP contribution in [-0.2, 0) is 32.7 Å². The molecular weight excluding hydrogens is 741 g/mol. The number of aliphatic carboxylic acids is 1. The van der Waals surface area contributed by atoms with Crippen molar-refractivity contribution in [3.05, 3.63) is 85.1 Å². The molecule has 0 aromatic heterocycles. The van der Waals surface area contributed by atoms with Gasteiger partial charge in [-0.25, -0.2) is 4.57 Å². The van der Waals surface area contributed by atoms with E-state index in [1.807, 2.05) is 0 Å². The van der Waals surface area contributed by atoms with E-state index in [4.69, 9.17) is 29.4 Å². The van der Waals surface area contributed by atoms with Gasteiger partial charge in [0.1, 0.15) is 12.1 Å². The molecule has 3 atom stereocenters. The predicted octanol–water partition coefficient (Wildman–Crippen LogP) is 12.0. The summed E-state index contributed by atoms with van der Waals surface area (Å²) in [5.41, 5.74) is 5.35. The maximum atomic E-state index is 12.6. The van der Waals surface area contributed by atoms with Gasteiger partial charge in [0.25, 0.3) is 0 Å². The van der Waals surface area contributed by atoms with Crippen LogP contribution >= 0.6 is 7.82 Å². The van der Waals surface area contributed by atoms with Crippen LogP contribution in [0.5, 0.6) is 0 Å². The van der Waals surface area contributed by atoms with Crippen LogP contribution in [0, 0.1) is 0 Å². The fourth-order valence-corrected chi connectivity index (χ4v) is 6.08. The fourth-order valence-electron chi connectivity index (χ4n) is 5.31. The number of allylic oxidation sites excluding steroid dienone is 14. The Morgan fingerprint density at radius 3 is 1.54 bits per heavy atom. The second kappa shape index (κ2) is 41.3. The molecule has 0 radical (unpaired) electrons. The molecule has 0 saturated carbocycles. The van der Waals surface area contributed by atoms with Gasteiger partial charge in [-0.1, -0.05) is 144 Å². The number of carboxylic acid groups (broad SMARTS) is 1. The molecule has 0 fully saturated rings. The number of carbonyl (C=O) groups is 2. The average Bonchev–Trinajstić information content (AvgIpc) is 3.19. The molecule has 0 aromatic carbocycles. The molecule has 4 N–H and O–H groups in total. The van der Waals surface area contributed by atoms with Crippen LogP contribution < -0.4 is 5.73 Å². The number of carboxylic acids is 1. The fraction of sp³-hybridized carbons (Fsp3) is 0.652. The van der Waals surface area contributed by atoms with E-state index < -0.39 is 45.1 Å². The Labute approximate surface area is 346 Å². The molecular formula is C46H78NO9P. The summed E-state index contributed by atoms with van der Waals surface area (Å²) >= 11 is 0. The number of ether oxygens (including phenoxy) is 2. The molecule has 0 aliphatic carbocycles. The van der Waals surface area contributed by atoms with Crippen LogP contribution in [0.25, 0.3) is 0 Å². The van der Waals surface area contributed by atoms with Gasteiger partial charge in [0.2, 0.25) is 0 Å². The highest BCUT2D eigenvalue weighted by atomic mass is 31.2. The lowest BCUT2D eigenvalue weighted by Gasteiger charge is -2.20. The minimum Gasteiger partial charge on any atom is -0.480 e. The number of nitrogens with two attached hydrogens (primary N) is 1. The van der Waals surface area contributed by atoms with Crippen molar-refractivity contribution in [3.63, 3.8) is 0 Å². The summed E-state index contributed by atoms with van der Waals surface area (Å²) in [4.78, 5) is 33.5. The third kappa shape index (κ3) is 41.1. The Morgan fingerprint density at radius 1 is 0.579 bits per heavy atom. The molecule has 0 amide bonds. The quantitative estimate of drug-likeness (QED) is 0.0235. The third-order valence-corrected chi connectivity index (χ3v) is 9.61. The molecule has 0 heterocycles. The van der Waals surface area contributed by atoms with Crippen LogP contribution in [-0.4, -0.2) is 60.5 Å². The Bertz CT molecular complexity index is 1220. The Morgan fingerprint density at radius 2 is 1.02 bits per heavy atom. The molecule has 11 heteroatoms. The SMILES string of the molecule is CC/C=C\C/C=C\C/C=C\C/C=C\C/C=C\C/C=C\CCCCC(=O)OC(COCCCCCCCC/C=C\CCCCCC)COP(=O)(O)OCC(N)C(=O)O. The van der Waals surface area contributed by atoms with Gasteiger partial charge in [0.05, 0.1) is 19.8 Å². The number of hydrogen-bond acceptors (Lipinski definition) is 8. The third-order valence-electron chi connectivity index (χ3n) is 8.66. The summed E-state index contributed by atoms with van der Waals surface area (Å²) in [7, 11) is -4.63. The van der Waals surface area contributed by atoms with Gasteiger partial charge in [0.15, 0.2) is 0 Å². The number of unbranched alkanes of at least 4 members (excludes halogenated alkanes) is 12. The van der Waals surface area contributed by atoms with E-state index in [0.717, 1.165) is 77.0 Å². The van der Waals surface area contributed by atoms with Gasteiger partial charge in [0, 0.05) is 13.0 Å². The van der Waals surface area contributed by atoms with Crippen molar-refractivity contribution in [2.75, 3.05) is 26.4 Å². The van der Waals surface area contributed by atoms with E-state index in [9.17, 15) is 19.0 Å². The Kier molecular flexibility index (Phi) is 39.2. The normalized spacial score (nSPS) is 14.7. The molecule has 0 spiro atoms. The summed E-state index contributed by atoms with van der Waals surface area (Å²) in [6, 6.07) is -1.49. The largest absolute Gasteiger partial charge is 0.480 e. The van der Waals surface area contributed by atoms with Crippen molar-refractivity contribution in [3.8, 4) is 0 Å². The van der Waals surface area contributed by atoms with Crippen molar-refractivity contribution in [1.29, 1.82) is 0 Å². The number of phosphoric ester groups is 1. The first-order chi connectivity index (χ1) is 27.7. The van der Waals surface area contributed by atoms with Crippen molar-refractivity contribution in [1.82, 2.24) is 0 Å². The van der Waals surface area contributed by atoms with E-state index >= 15 is 0 Å². The van der Waals surface area contributed by atoms with Crippen LogP contribution in [0.1, 0.15) is 155 Å². The lowest BCUT2D eigenvalue weighted by Crippen LogP contribution is -2.34. The zero-order valence-corrected chi connectivity index (χ0v) is 36.3. The highest BCUT2D eigenvalue weighted by Gasteiger charge is 2.27. The molecule has 0 aliphatic heterocycles. The van der Waals surface area contributed by atoms with Crippen molar-refractivity contribution in [2.45, 2.75) is 167 Å². The van der Waals surface area contributed by atoms with Crippen molar-refractivity contribution < 1.29 is 42.7 Å². The molecule has 0 aliphatic rings. The maximum absolute atomic E-state index is 12.6. The van der Waals surface area contributed by atoms with Gasteiger partial charge >= 0.3 is 19.8 Å². The Hall–Kier alpha value is -2.85. The standard InChI is InChI=1S/C46H78NO9P/c1-3-5-7-9-11-13-15-17-19-20-21-22-23-24-25-26-28-30-32-34-36-38-45(48)56-43(41-54-57(51,52)55-42-44(47)46(49)50)40-53-39-37-35-33-31-29-27-18-16-14-12-10-8-6-4-2/h5,7,11,13-14,16-17,19,21-22,24-25,28,30,43-44H,3-4,6,8-10,12,15,18,20,23,26-27,29,31-42,47H2,1-2H3,(H,49,50)(H,51,52)/b7-5-,13-11-,16-14-,19-17-,22-21-,25-24-,30-28-. The van der Waals surface area contributed by atoms with Crippen LogP contribution in [0.15, 0.2) is 85.1 Å². The van der Waals surface area contributed by atoms with Crippen molar-refractivity contribution in [2.24, 2.45) is 5.73 Å². The molecule has 0 bridgehead atoms. The van der Waals surface area contributed by atoms with E-state index in [2.05, 4.69) is 98.9 Å². The first-order valence-electron chi connectivity index (χ1n) is 21.6.